The SMILES string of the molecule is CCc1ccc(-c2c(C(C)C)sc(N)c2C(=O)OC)cc1. The first kappa shape index (κ1) is 15.6. The van der Waals surface area contributed by atoms with Gasteiger partial charge in [-0.05, 0) is 23.5 Å². The highest BCUT2D eigenvalue weighted by Gasteiger charge is 2.25. The first-order valence-electron chi connectivity index (χ1n) is 7.09. The van der Waals surface area contributed by atoms with Gasteiger partial charge in [-0.2, -0.15) is 0 Å². The molecule has 1 aromatic heterocycles. The average molecular weight is 303 g/mol. The number of nitrogen functional groups attached to an aromatic ring is 1. The van der Waals surface area contributed by atoms with Gasteiger partial charge in [-0.1, -0.05) is 45.0 Å². The molecule has 0 radical (unpaired) electrons. The summed E-state index contributed by atoms with van der Waals surface area (Å²) in [6.07, 6.45) is 0.993. The molecule has 0 saturated carbocycles. The lowest BCUT2D eigenvalue weighted by Gasteiger charge is -2.10. The second-order valence-electron chi connectivity index (χ2n) is 5.28. The number of methoxy groups -OCH3 is 1. The van der Waals surface area contributed by atoms with E-state index in [1.807, 2.05) is 0 Å². The molecule has 0 aliphatic carbocycles. The molecule has 0 bridgehead atoms. The lowest BCUT2D eigenvalue weighted by atomic mass is 9.96. The Balaban J connectivity index is 2.65. The molecule has 2 aromatic rings. The summed E-state index contributed by atoms with van der Waals surface area (Å²) in [6, 6.07) is 8.29. The normalized spacial score (nSPS) is 10.9. The van der Waals surface area contributed by atoms with Crippen LogP contribution in [0.5, 0.6) is 0 Å². The third-order valence-electron chi connectivity index (χ3n) is 3.53. The zero-order valence-electron chi connectivity index (χ0n) is 12.9. The number of aryl methyl sites for hydroxylation is 1. The molecule has 0 unspecified atom stereocenters. The van der Waals surface area contributed by atoms with E-state index >= 15 is 0 Å². The molecule has 112 valence electrons. The lowest BCUT2D eigenvalue weighted by molar-refractivity contribution is 0.0603. The van der Waals surface area contributed by atoms with E-state index in [1.54, 1.807) is 0 Å². The zero-order chi connectivity index (χ0) is 15.6. The minimum absolute atomic E-state index is 0.302. The summed E-state index contributed by atoms with van der Waals surface area (Å²) in [5, 5.41) is 0.528. The van der Waals surface area contributed by atoms with Crippen molar-refractivity contribution in [3.05, 3.63) is 40.3 Å². The van der Waals surface area contributed by atoms with Gasteiger partial charge in [0, 0.05) is 10.4 Å². The fourth-order valence-corrected chi connectivity index (χ4v) is 3.45. The van der Waals surface area contributed by atoms with Gasteiger partial charge in [-0.25, -0.2) is 4.79 Å². The van der Waals surface area contributed by atoms with E-state index in [9.17, 15) is 4.79 Å². The standard InChI is InChI=1S/C17H21NO2S/c1-5-11-6-8-12(9-7-11)13-14(17(19)20-4)16(18)21-15(13)10(2)3/h6-10H,5,18H2,1-4H3. The summed E-state index contributed by atoms with van der Waals surface area (Å²) in [6.45, 7) is 6.34. The van der Waals surface area contributed by atoms with E-state index in [-0.39, 0.29) is 5.97 Å². The zero-order valence-corrected chi connectivity index (χ0v) is 13.7. The van der Waals surface area contributed by atoms with Crippen molar-refractivity contribution in [3.63, 3.8) is 0 Å². The van der Waals surface area contributed by atoms with Crippen LogP contribution in [-0.2, 0) is 11.2 Å². The van der Waals surface area contributed by atoms with Crippen LogP contribution in [0.1, 0.15) is 47.5 Å². The highest BCUT2D eigenvalue weighted by atomic mass is 32.1. The molecule has 2 N–H and O–H groups in total. The van der Waals surface area contributed by atoms with Crippen molar-refractivity contribution in [3.8, 4) is 11.1 Å². The van der Waals surface area contributed by atoms with Crippen LogP contribution in [0, 0.1) is 0 Å². The van der Waals surface area contributed by atoms with Crippen molar-refractivity contribution < 1.29 is 9.53 Å². The Morgan fingerprint density at radius 3 is 2.38 bits per heavy atom. The van der Waals surface area contributed by atoms with Crippen molar-refractivity contribution in [1.29, 1.82) is 0 Å². The number of carbonyl (C=O) groups excluding carboxylic acids is 1. The largest absolute Gasteiger partial charge is 0.465 e. The summed E-state index contributed by atoms with van der Waals surface area (Å²) >= 11 is 1.47. The number of carbonyl (C=O) groups is 1. The molecule has 21 heavy (non-hydrogen) atoms. The highest BCUT2D eigenvalue weighted by Crippen LogP contribution is 2.42. The van der Waals surface area contributed by atoms with E-state index in [0.717, 1.165) is 22.4 Å². The molecule has 0 atom stereocenters. The van der Waals surface area contributed by atoms with Crippen LogP contribution in [0.25, 0.3) is 11.1 Å². The summed E-state index contributed by atoms with van der Waals surface area (Å²) < 4.78 is 4.90. The maximum atomic E-state index is 12.1. The third kappa shape index (κ3) is 2.95. The van der Waals surface area contributed by atoms with E-state index in [4.69, 9.17) is 10.5 Å². The predicted molar refractivity (Wildman–Crippen MR) is 89.0 cm³/mol. The van der Waals surface area contributed by atoms with Gasteiger partial charge in [0.15, 0.2) is 0 Å². The number of anilines is 1. The molecule has 1 heterocycles. The minimum Gasteiger partial charge on any atom is -0.465 e. The molecular weight excluding hydrogens is 282 g/mol. The number of rotatable bonds is 4. The summed E-state index contributed by atoms with van der Waals surface area (Å²) in [5.41, 5.74) is 9.77. The van der Waals surface area contributed by atoms with Crippen LogP contribution in [0.4, 0.5) is 5.00 Å². The van der Waals surface area contributed by atoms with Crippen molar-refractivity contribution in [1.82, 2.24) is 0 Å². The van der Waals surface area contributed by atoms with Gasteiger partial charge in [-0.15, -0.1) is 11.3 Å². The van der Waals surface area contributed by atoms with Gasteiger partial charge in [0.1, 0.15) is 10.6 Å². The number of esters is 1. The Bertz CT molecular complexity index is 642. The average Bonchev–Trinajstić information content (AvgIpc) is 2.84. The topological polar surface area (TPSA) is 52.3 Å². The maximum Gasteiger partial charge on any atom is 0.341 e. The minimum atomic E-state index is -0.370. The van der Waals surface area contributed by atoms with Crippen LogP contribution < -0.4 is 5.73 Å². The summed E-state index contributed by atoms with van der Waals surface area (Å²) in [7, 11) is 1.39. The van der Waals surface area contributed by atoms with Gasteiger partial charge < -0.3 is 10.5 Å². The Hall–Kier alpha value is -1.81. The van der Waals surface area contributed by atoms with Gasteiger partial charge in [0.25, 0.3) is 0 Å². The molecule has 0 saturated heterocycles. The first-order chi connectivity index (χ1) is 9.99. The second kappa shape index (κ2) is 6.31. The molecule has 0 aliphatic heterocycles. The predicted octanol–water partition coefficient (Wildman–Crippen LogP) is 4.47. The molecule has 0 fully saturated rings. The molecule has 3 nitrogen and oxygen atoms in total. The molecule has 0 spiro atoms. The van der Waals surface area contributed by atoms with Gasteiger partial charge >= 0.3 is 5.97 Å². The van der Waals surface area contributed by atoms with Crippen LogP contribution >= 0.6 is 11.3 Å². The molecular formula is C17H21NO2S. The quantitative estimate of drug-likeness (QED) is 0.848. The smallest absolute Gasteiger partial charge is 0.341 e. The van der Waals surface area contributed by atoms with Gasteiger partial charge in [0.2, 0.25) is 0 Å². The van der Waals surface area contributed by atoms with Crippen molar-refractivity contribution in [2.24, 2.45) is 0 Å². The number of ether oxygens (including phenoxy) is 1. The van der Waals surface area contributed by atoms with Crippen molar-refractivity contribution >= 4 is 22.3 Å². The van der Waals surface area contributed by atoms with E-state index < -0.39 is 0 Å². The van der Waals surface area contributed by atoms with Crippen LogP contribution in [0.15, 0.2) is 24.3 Å². The number of hydrogen-bond donors (Lipinski definition) is 1. The number of benzene rings is 1. The van der Waals surface area contributed by atoms with Gasteiger partial charge in [-0.3, -0.25) is 0 Å². The first-order valence-corrected chi connectivity index (χ1v) is 7.91. The van der Waals surface area contributed by atoms with E-state index in [2.05, 4.69) is 45.0 Å². The molecule has 4 heteroatoms. The lowest BCUT2D eigenvalue weighted by Crippen LogP contribution is -2.05. The van der Waals surface area contributed by atoms with E-state index in [1.165, 1.54) is 24.0 Å². The number of hydrogen-bond acceptors (Lipinski definition) is 4. The fourth-order valence-electron chi connectivity index (χ4n) is 2.37. The van der Waals surface area contributed by atoms with Crippen molar-refractivity contribution in [2.45, 2.75) is 33.1 Å². The number of thiophene rings is 1. The molecule has 1 aromatic carbocycles. The Morgan fingerprint density at radius 2 is 1.90 bits per heavy atom. The molecule has 0 amide bonds. The highest BCUT2D eigenvalue weighted by molar-refractivity contribution is 7.17. The summed E-state index contributed by atoms with van der Waals surface area (Å²) in [4.78, 5) is 13.2. The molecule has 0 aliphatic rings. The Morgan fingerprint density at radius 1 is 1.29 bits per heavy atom. The maximum absolute atomic E-state index is 12.1. The van der Waals surface area contributed by atoms with E-state index in [0.29, 0.717) is 16.5 Å². The van der Waals surface area contributed by atoms with Gasteiger partial charge in [0.05, 0.1) is 7.11 Å². The van der Waals surface area contributed by atoms with Crippen LogP contribution in [-0.4, -0.2) is 13.1 Å². The Kier molecular flexibility index (Phi) is 4.68. The fraction of sp³-hybridized carbons (Fsp3) is 0.353. The van der Waals surface area contributed by atoms with Crippen LogP contribution in [0.3, 0.4) is 0 Å². The Labute approximate surface area is 129 Å². The van der Waals surface area contributed by atoms with Crippen molar-refractivity contribution in [2.75, 3.05) is 12.8 Å². The molecule has 2 rings (SSSR count). The summed E-state index contributed by atoms with van der Waals surface area (Å²) in [5.74, 6) is -0.0678. The van der Waals surface area contributed by atoms with Crippen LogP contribution in [0.2, 0.25) is 0 Å². The third-order valence-corrected chi connectivity index (χ3v) is 4.85. The monoisotopic (exact) mass is 303 g/mol. The second-order valence-corrected chi connectivity index (χ2v) is 6.36. The number of nitrogens with two attached hydrogens (primary N) is 1.